The molecule has 0 atom stereocenters. The fourth-order valence-electron chi connectivity index (χ4n) is 1.28. The third-order valence-corrected chi connectivity index (χ3v) is 2.02. The Morgan fingerprint density at radius 2 is 1.94 bits per heavy atom. The monoisotopic (exact) mass is 224 g/mol. The van der Waals surface area contributed by atoms with Crippen LogP contribution in [0.4, 0.5) is 11.5 Å². The Morgan fingerprint density at radius 1 is 1.25 bits per heavy atom. The summed E-state index contributed by atoms with van der Waals surface area (Å²) in [6, 6.07) is 0. The summed E-state index contributed by atoms with van der Waals surface area (Å²) in [5.74, 6) is 1.87. The number of nitrogens with zero attached hydrogens (tertiary/aromatic N) is 2. The van der Waals surface area contributed by atoms with Crippen molar-refractivity contribution in [1.82, 2.24) is 9.97 Å². The molecule has 90 valence electrons. The molecule has 5 heteroatoms. The highest BCUT2D eigenvalue weighted by Gasteiger charge is 2.11. The summed E-state index contributed by atoms with van der Waals surface area (Å²) in [6.45, 7) is 6.81. The number of rotatable bonds is 5. The molecule has 1 aromatic heterocycles. The van der Waals surface area contributed by atoms with E-state index in [4.69, 9.17) is 16.2 Å². The first-order valence-corrected chi connectivity index (χ1v) is 5.59. The van der Waals surface area contributed by atoms with Crippen LogP contribution in [-0.2, 0) is 6.42 Å². The van der Waals surface area contributed by atoms with Crippen molar-refractivity contribution >= 4 is 11.5 Å². The molecule has 0 aliphatic heterocycles. The Balaban J connectivity index is 2.92. The number of aromatic nitrogens is 2. The lowest BCUT2D eigenvalue weighted by atomic mass is 10.1. The van der Waals surface area contributed by atoms with Crippen LogP contribution in [0.3, 0.4) is 0 Å². The molecule has 1 aromatic rings. The third-order valence-electron chi connectivity index (χ3n) is 2.02. The van der Waals surface area contributed by atoms with Crippen molar-refractivity contribution in [1.29, 1.82) is 0 Å². The maximum Gasteiger partial charge on any atom is 0.242 e. The molecule has 0 bridgehead atoms. The normalized spacial score (nSPS) is 10.8. The van der Waals surface area contributed by atoms with Crippen LogP contribution in [0.2, 0.25) is 0 Å². The summed E-state index contributed by atoms with van der Waals surface area (Å²) >= 11 is 0. The molecule has 5 nitrogen and oxygen atoms in total. The molecule has 0 amide bonds. The van der Waals surface area contributed by atoms with Crippen molar-refractivity contribution in [3.63, 3.8) is 0 Å². The predicted molar refractivity (Wildman–Crippen MR) is 65.2 cm³/mol. The van der Waals surface area contributed by atoms with Crippen molar-refractivity contribution in [3.8, 4) is 5.88 Å². The van der Waals surface area contributed by atoms with Gasteiger partial charge in [0.15, 0.2) is 5.82 Å². The second-order valence-corrected chi connectivity index (χ2v) is 4.19. The molecule has 16 heavy (non-hydrogen) atoms. The molecule has 0 aliphatic carbocycles. The van der Waals surface area contributed by atoms with E-state index in [1.54, 1.807) is 0 Å². The first-order valence-electron chi connectivity index (χ1n) is 5.59. The van der Waals surface area contributed by atoms with E-state index in [0.29, 0.717) is 35.7 Å². The van der Waals surface area contributed by atoms with Crippen molar-refractivity contribution in [2.75, 3.05) is 18.1 Å². The molecule has 0 saturated carbocycles. The molecular weight excluding hydrogens is 204 g/mol. The van der Waals surface area contributed by atoms with E-state index >= 15 is 0 Å². The number of nitrogens with two attached hydrogens (primary N) is 2. The van der Waals surface area contributed by atoms with Gasteiger partial charge in [0.25, 0.3) is 0 Å². The quantitative estimate of drug-likeness (QED) is 0.793. The van der Waals surface area contributed by atoms with E-state index in [-0.39, 0.29) is 0 Å². The Morgan fingerprint density at radius 3 is 2.50 bits per heavy atom. The van der Waals surface area contributed by atoms with Gasteiger partial charge in [0, 0.05) is 6.42 Å². The Labute approximate surface area is 96.2 Å². The van der Waals surface area contributed by atoms with Crippen molar-refractivity contribution < 1.29 is 4.74 Å². The van der Waals surface area contributed by atoms with Gasteiger partial charge >= 0.3 is 0 Å². The highest BCUT2D eigenvalue weighted by atomic mass is 16.5. The fourth-order valence-corrected chi connectivity index (χ4v) is 1.28. The molecule has 0 radical (unpaired) electrons. The van der Waals surface area contributed by atoms with Crippen molar-refractivity contribution in [2.24, 2.45) is 5.92 Å². The average Bonchev–Trinajstić information content (AvgIpc) is 2.20. The van der Waals surface area contributed by atoms with Crippen molar-refractivity contribution in [2.45, 2.75) is 33.6 Å². The molecule has 4 N–H and O–H groups in total. The standard InChI is InChI=1S/C11H20N4O/c1-4-5-16-11-9(12)10(13)14-8(15-11)6-7(2)3/h7H,4-6,12H2,1-3H3,(H2,13,14,15). The third kappa shape index (κ3) is 3.25. The van der Waals surface area contributed by atoms with Gasteiger partial charge in [-0.15, -0.1) is 0 Å². The Hall–Kier alpha value is -1.52. The summed E-state index contributed by atoms with van der Waals surface area (Å²) in [4.78, 5) is 8.42. The van der Waals surface area contributed by atoms with E-state index in [0.717, 1.165) is 12.8 Å². The van der Waals surface area contributed by atoms with Gasteiger partial charge in [0.1, 0.15) is 11.5 Å². The minimum absolute atomic E-state index is 0.303. The van der Waals surface area contributed by atoms with Gasteiger partial charge < -0.3 is 16.2 Å². The van der Waals surface area contributed by atoms with E-state index in [1.807, 2.05) is 6.92 Å². The molecule has 0 aliphatic rings. The molecular formula is C11H20N4O. The average molecular weight is 224 g/mol. The van der Waals surface area contributed by atoms with Gasteiger partial charge in [-0.05, 0) is 12.3 Å². The highest BCUT2D eigenvalue weighted by molar-refractivity contribution is 5.64. The molecule has 0 unspecified atom stereocenters. The first-order chi connectivity index (χ1) is 7.54. The van der Waals surface area contributed by atoms with Gasteiger partial charge in [-0.1, -0.05) is 20.8 Å². The lowest BCUT2D eigenvalue weighted by Gasteiger charge is -2.11. The van der Waals surface area contributed by atoms with Crippen molar-refractivity contribution in [3.05, 3.63) is 5.82 Å². The second-order valence-electron chi connectivity index (χ2n) is 4.19. The van der Waals surface area contributed by atoms with E-state index in [9.17, 15) is 0 Å². The lowest BCUT2D eigenvalue weighted by Crippen LogP contribution is -2.10. The van der Waals surface area contributed by atoms with E-state index in [2.05, 4.69) is 23.8 Å². The number of anilines is 2. The predicted octanol–water partition coefficient (Wildman–Crippen LogP) is 1.63. The minimum Gasteiger partial charge on any atom is -0.476 e. The molecule has 0 spiro atoms. The van der Waals surface area contributed by atoms with Crippen LogP contribution in [0, 0.1) is 5.92 Å². The SMILES string of the molecule is CCCOc1nc(CC(C)C)nc(N)c1N. The van der Waals surface area contributed by atoms with Crippen LogP contribution >= 0.6 is 0 Å². The molecule has 0 aromatic carbocycles. The van der Waals surface area contributed by atoms with Crippen LogP contribution in [0.15, 0.2) is 0 Å². The molecule has 0 saturated heterocycles. The zero-order valence-corrected chi connectivity index (χ0v) is 10.2. The van der Waals surface area contributed by atoms with Gasteiger partial charge in [0.2, 0.25) is 5.88 Å². The number of hydrogen-bond acceptors (Lipinski definition) is 5. The summed E-state index contributed by atoms with van der Waals surface area (Å²) in [5.41, 5.74) is 11.8. The molecule has 1 rings (SSSR count). The topological polar surface area (TPSA) is 87.0 Å². The Bertz CT molecular complexity index is 352. The minimum atomic E-state index is 0.303. The Kier molecular flexibility index (Phi) is 4.34. The fraction of sp³-hybridized carbons (Fsp3) is 0.636. The molecule has 1 heterocycles. The van der Waals surface area contributed by atoms with Gasteiger partial charge in [-0.2, -0.15) is 4.98 Å². The largest absolute Gasteiger partial charge is 0.476 e. The zero-order chi connectivity index (χ0) is 12.1. The summed E-state index contributed by atoms with van der Waals surface area (Å²) in [7, 11) is 0. The number of hydrogen-bond donors (Lipinski definition) is 2. The zero-order valence-electron chi connectivity index (χ0n) is 10.2. The van der Waals surface area contributed by atoms with Gasteiger partial charge in [-0.25, -0.2) is 4.98 Å². The van der Waals surface area contributed by atoms with E-state index < -0.39 is 0 Å². The van der Waals surface area contributed by atoms with Gasteiger partial charge in [-0.3, -0.25) is 0 Å². The van der Waals surface area contributed by atoms with Crippen LogP contribution in [0.25, 0.3) is 0 Å². The second kappa shape index (κ2) is 5.53. The summed E-state index contributed by atoms with van der Waals surface area (Å²) < 4.78 is 5.43. The molecule has 0 fully saturated rings. The van der Waals surface area contributed by atoms with Crippen LogP contribution in [0.1, 0.15) is 33.0 Å². The van der Waals surface area contributed by atoms with Crippen LogP contribution in [-0.4, -0.2) is 16.6 Å². The highest BCUT2D eigenvalue weighted by Crippen LogP contribution is 2.24. The summed E-state index contributed by atoms with van der Waals surface area (Å²) in [5, 5.41) is 0. The van der Waals surface area contributed by atoms with Crippen LogP contribution in [0.5, 0.6) is 5.88 Å². The maximum atomic E-state index is 5.75. The smallest absolute Gasteiger partial charge is 0.242 e. The van der Waals surface area contributed by atoms with Gasteiger partial charge in [0.05, 0.1) is 6.61 Å². The summed E-state index contributed by atoms with van der Waals surface area (Å²) in [6.07, 6.45) is 1.68. The lowest BCUT2D eigenvalue weighted by molar-refractivity contribution is 0.305. The first kappa shape index (κ1) is 12.5. The van der Waals surface area contributed by atoms with Crippen LogP contribution < -0.4 is 16.2 Å². The maximum absolute atomic E-state index is 5.75. The number of nitrogen functional groups attached to an aromatic ring is 2. The number of ether oxygens (including phenoxy) is 1. The van der Waals surface area contributed by atoms with E-state index in [1.165, 1.54) is 0 Å².